The highest BCUT2D eigenvalue weighted by molar-refractivity contribution is 9.10. The van der Waals surface area contributed by atoms with Crippen LogP contribution >= 0.6 is 15.9 Å². The second-order valence-electron chi connectivity index (χ2n) is 4.25. The highest BCUT2D eigenvalue weighted by Gasteiger charge is 2.28. The van der Waals surface area contributed by atoms with E-state index in [-0.39, 0.29) is 13.2 Å². The van der Waals surface area contributed by atoms with Gasteiger partial charge in [0, 0.05) is 22.3 Å². The smallest absolute Gasteiger partial charge is 0.0512 e. The summed E-state index contributed by atoms with van der Waals surface area (Å²) in [6, 6.07) is 1.97. The molecule has 1 heterocycles. The maximum Gasteiger partial charge on any atom is 0.0512 e. The minimum atomic E-state index is -0.419. The van der Waals surface area contributed by atoms with Crippen molar-refractivity contribution < 1.29 is 10.2 Å². The van der Waals surface area contributed by atoms with Crippen molar-refractivity contribution >= 4 is 15.9 Å². The number of aliphatic hydroxyl groups excluding tert-OH is 2. The Hall–Kier alpha value is -0.450. The molecular weight excluding hydrogens is 270 g/mol. The lowest BCUT2D eigenvalue weighted by atomic mass is 9.79. The van der Waals surface area contributed by atoms with Gasteiger partial charge < -0.3 is 10.2 Å². The first-order valence-corrected chi connectivity index (χ1v) is 6.26. The predicted octanol–water partition coefficient (Wildman–Crippen LogP) is 2.16. The van der Waals surface area contributed by atoms with Gasteiger partial charge >= 0.3 is 0 Å². The Labute approximate surface area is 105 Å². The number of nitrogens with zero attached hydrogens (tertiary/aromatic N) is 1. The van der Waals surface area contributed by atoms with Crippen LogP contribution < -0.4 is 0 Å². The molecule has 0 unspecified atom stereocenters. The molecule has 3 nitrogen and oxygen atoms in total. The molecule has 16 heavy (non-hydrogen) atoms. The summed E-state index contributed by atoms with van der Waals surface area (Å²) in [5.74, 6) is 0. The maximum absolute atomic E-state index is 9.45. The fourth-order valence-corrected chi connectivity index (χ4v) is 2.34. The number of rotatable bonds is 6. The third kappa shape index (κ3) is 3.54. The third-order valence-corrected chi connectivity index (χ3v) is 3.23. The molecule has 1 rings (SSSR count). The first-order valence-electron chi connectivity index (χ1n) is 5.47. The number of hydrogen-bond acceptors (Lipinski definition) is 3. The van der Waals surface area contributed by atoms with Crippen LogP contribution in [0, 0.1) is 5.41 Å². The van der Waals surface area contributed by atoms with E-state index in [1.165, 1.54) is 0 Å². The molecule has 0 amide bonds. The summed E-state index contributed by atoms with van der Waals surface area (Å²) in [5.41, 5.74) is 0.614. The molecule has 90 valence electrons. The summed E-state index contributed by atoms with van der Waals surface area (Å²) < 4.78 is 0.922. The van der Waals surface area contributed by atoms with E-state index >= 15 is 0 Å². The molecule has 1 aromatic heterocycles. The summed E-state index contributed by atoms with van der Waals surface area (Å²) in [5, 5.41) is 18.9. The Bertz CT molecular complexity index is 327. The molecule has 0 fully saturated rings. The van der Waals surface area contributed by atoms with Gasteiger partial charge in [-0.25, -0.2) is 0 Å². The molecule has 0 aliphatic rings. The largest absolute Gasteiger partial charge is 0.396 e. The molecule has 0 bridgehead atoms. The van der Waals surface area contributed by atoms with Crippen LogP contribution in [0.15, 0.2) is 22.9 Å². The van der Waals surface area contributed by atoms with Gasteiger partial charge in [0.05, 0.1) is 13.2 Å². The number of aromatic nitrogens is 1. The van der Waals surface area contributed by atoms with E-state index < -0.39 is 5.41 Å². The van der Waals surface area contributed by atoms with Crippen LogP contribution in [-0.2, 0) is 6.42 Å². The Kier molecular flexibility index (Phi) is 5.38. The molecular formula is C12H18BrNO2. The van der Waals surface area contributed by atoms with Gasteiger partial charge in [-0.3, -0.25) is 4.98 Å². The van der Waals surface area contributed by atoms with Crippen LogP contribution in [-0.4, -0.2) is 28.4 Å². The molecule has 2 N–H and O–H groups in total. The SMILES string of the molecule is CCCC(CO)(CO)Cc1cncc(Br)c1. The number of pyridine rings is 1. The van der Waals surface area contributed by atoms with Crippen LogP contribution in [0.25, 0.3) is 0 Å². The minimum Gasteiger partial charge on any atom is -0.396 e. The Morgan fingerprint density at radius 1 is 1.31 bits per heavy atom. The van der Waals surface area contributed by atoms with Crippen molar-refractivity contribution in [2.45, 2.75) is 26.2 Å². The van der Waals surface area contributed by atoms with Crippen molar-refractivity contribution in [1.82, 2.24) is 4.98 Å². The molecule has 0 aliphatic heterocycles. The summed E-state index contributed by atoms with van der Waals surface area (Å²) >= 11 is 3.37. The van der Waals surface area contributed by atoms with Crippen molar-refractivity contribution in [2.75, 3.05) is 13.2 Å². The van der Waals surface area contributed by atoms with Crippen LogP contribution in [0.5, 0.6) is 0 Å². The first-order chi connectivity index (χ1) is 7.65. The Morgan fingerprint density at radius 3 is 2.50 bits per heavy atom. The third-order valence-electron chi connectivity index (χ3n) is 2.79. The first kappa shape index (κ1) is 13.6. The second-order valence-corrected chi connectivity index (χ2v) is 5.17. The summed E-state index contributed by atoms with van der Waals surface area (Å²) in [6.45, 7) is 2.06. The minimum absolute atomic E-state index is 0.00382. The summed E-state index contributed by atoms with van der Waals surface area (Å²) in [6.07, 6.45) is 5.92. The summed E-state index contributed by atoms with van der Waals surface area (Å²) in [4.78, 5) is 4.09. The highest BCUT2D eigenvalue weighted by Crippen LogP contribution is 2.28. The maximum atomic E-state index is 9.45. The number of halogens is 1. The van der Waals surface area contributed by atoms with E-state index in [2.05, 4.69) is 27.8 Å². The molecule has 0 atom stereocenters. The van der Waals surface area contributed by atoms with Gasteiger partial charge in [-0.15, -0.1) is 0 Å². The zero-order valence-electron chi connectivity index (χ0n) is 9.49. The average Bonchev–Trinajstić information content (AvgIpc) is 2.28. The average molecular weight is 288 g/mol. The van der Waals surface area contributed by atoms with Gasteiger partial charge in [0.2, 0.25) is 0 Å². The predicted molar refractivity (Wildman–Crippen MR) is 67.2 cm³/mol. The topological polar surface area (TPSA) is 53.4 Å². The zero-order chi connectivity index (χ0) is 12.0. The Morgan fingerprint density at radius 2 is 2.00 bits per heavy atom. The molecule has 0 aliphatic carbocycles. The van der Waals surface area contributed by atoms with Crippen molar-refractivity contribution in [1.29, 1.82) is 0 Å². The molecule has 1 aromatic rings. The lowest BCUT2D eigenvalue weighted by Gasteiger charge is -2.29. The van der Waals surface area contributed by atoms with Crippen LogP contribution in [0.3, 0.4) is 0 Å². The molecule has 0 radical (unpaired) electrons. The lowest BCUT2D eigenvalue weighted by molar-refractivity contribution is 0.0465. The van der Waals surface area contributed by atoms with Gasteiger partial charge in [0.25, 0.3) is 0 Å². The van der Waals surface area contributed by atoms with E-state index in [0.717, 1.165) is 22.9 Å². The van der Waals surface area contributed by atoms with Crippen LogP contribution in [0.2, 0.25) is 0 Å². The van der Waals surface area contributed by atoms with Crippen LogP contribution in [0.4, 0.5) is 0 Å². The van der Waals surface area contributed by atoms with Crippen LogP contribution in [0.1, 0.15) is 25.3 Å². The quantitative estimate of drug-likeness (QED) is 0.843. The number of hydrogen-bond donors (Lipinski definition) is 2. The standard InChI is InChI=1S/C12H18BrNO2/c1-2-3-12(8-15,9-16)5-10-4-11(13)7-14-6-10/h4,6-7,15-16H,2-3,5,8-9H2,1H3. The van der Waals surface area contributed by atoms with Gasteiger partial charge in [-0.2, -0.15) is 0 Å². The van der Waals surface area contributed by atoms with Gasteiger partial charge in [-0.1, -0.05) is 13.3 Å². The lowest BCUT2D eigenvalue weighted by Crippen LogP contribution is -2.32. The van der Waals surface area contributed by atoms with Gasteiger partial charge in [0.1, 0.15) is 0 Å². The van der Waals surface area contributed by atoms with Crippen molar-refractivity contribution in [3.63, 3.8) is 0 Å². The van der Waals surface area contributed by atoms with Crippen molar-refractivity contribution in [3.8, 4) is 0 Å². The monoisotopic (exact) mass is 287 g/mol. The van der Waals surface area contributed by atoms with Gasteiger partial charge in [0.15, 0.2) is 0 Å². The second kappa shape index (κ2) is 6.33. The van der Waals surface area contributed by atoms with E-state index in [1.807, 2.05) is 6.07 Å². The van der Waals surface area contributed by atoms with Crippen molar-refractivity contribution in [2.24, 2.45) is 5.41 Å². The molecule has 4 heteroatoms. The molecule has 0 saturated heterocycles. The molecule has 0 aromatic carbocycles. The van der Waals surface area contributed by atoms with Crippen molar-refractivity contribution in [3.05, 3.63) is 28.5 Å². The molecule has 0 saturated carbocycles. The highest BCUT2D eigenvalue weighted by atomic mass is 79.9. The van der Waals surface area contributed by atoms with E-state index in [4.69, 9.17) is 0 Å². The molecule has 0 spiro atoms. The van der Waals surface area contributed by atoms with Gasteiger partial charge in [-0.05, 0) is 40.4 Å². The normalized spacial score (nSPS) is 11.8. The fraction of sp³-hybridized carbons (Fsp3) is 0.583. The fourth-order valence-electron chi connectivity index (χ4n) is 1.92. The Balaban J connectivity index is 2.82. The number of aliphatic hydroxyl groups is 2. The summed E-state index contributed by atoms with van der Waals surface area (Å²) in [7, 11) is 0. The van der Waals surface area contributed by atoms with E-state index in [1.54, 1.807) is 12.4 Å². The van der Waals surface area contributed by atoms with E-state index in [9.17, 15) is 10.2 Å². The van der Waals surface area contributed by atoms with E-state index in [0.29, 0.717) is 6.42 Å². The zero-order valence-corrected chi connectivity index (χ0v) is 11.1.